The zero-order valence-corrected chi connectivity index (χ0v) is 13.9. The monoisotopic (exact) mass is 357 g/mol. The van der Waals surface area contributed by atoms with Gasteiger partial charge in [0.2, 0.25) is 5.65 Å². The molecule has 0 unspecified atom stereocenters. The van der Waals surface area contributed by atoms with Crippen LogP contribution in [0.5, 0.6) is 0 Å². The van der Waals surface area contributed by atoms with E-state index >= 15 is 0 Å². The molecule has 8 nitrogen and oxygen atoms in total. The summed E-state index contributed by atoms with van der Waals surface area (Å²) in [5.74, 6) is -1.54. The molecule has 2 amide bonds. The Bertz CT molecular complexity index is 1030. The number of halogens is 1. The summed E-state index contributed by atoms with van der Waals surface area (Å²) in [6.45, 7) is 0.340. The lowest BCUT2D eigenvalue weighted by Gasteiger charge is -2.17. The molecular formula is C17H16FN5O3. The van der Waals surface area contributed by atoms with Crippen LogP contribution in [0.15, 0.2) is 47.7 Å². The molecule has 2 aromatic heterocycles. The van der Waals surface area contributed by atoms with Gasteiger partial charge in [-0.2, -0.15) is 0 Å². The molecule has 0 aliphatic heterocycles. The number of nitrogens with zero attached hydrogens (tertiary/aromatic N) is 3. The predicted molar refractivity (Wildman–Crippen MR) is 91.5 cm³/mol. The summed E-state index contributed by atoms with van der Waals surface area (Å²) >= 11 is 0. The lowest BCUT2D eigenvalue weighted by Crippen LogP contribution is -2.36. The average molecular weight is 357 g/mol. The second kappa shape index (κ2) is 7.18. The average Bonchev–Trinajstić information content (AvgIpc) is 3.07. The molecule has 2 heterocycles. The number of H-pyrrole nitrogens is 1. The van der Waals surface area contributed by atoms with Crippen molar-refractivity contribution < 1.29 is 14.0 Å². The first-order valence-electron chi connectivity index (χ1n) is 7.82. The largest absolute Gasteiger partial charge is 0.349 e. The number of benzene rings is 1. The van der Waals surface area contributed by atoms with Crippen LogP contribution < -0.4 is 10.9 Å². The Labute approximate surface area is 147 Å². The van der Waals surface area contributed by atoms with Crippen molar-refractivity contribution in [2.45, 2.75) is 0 Å². The number of hydrogen-bond acceptors (Lipinski definition) is 4. The van der Waals surface area contributed by atoms with Gasteiger partial charge in [-0.3, -0.25) is 14.4 Å². The summed E-state index contributed by atoms with van der Waals surface area (Å²) in [7, 11) is 1.52. The third-order valence-electron chi connectivity index (χ3n) is 3.80. The fourth-order valence-electron chi connectivity index (χ4n) is 2.41. The van der Waals surface area contributed by atoms with Crippen molar-refractivity contribution in [1.82, 2.24) is 24.6 Å². The predicted octanol–water partition coefficient (Wildman–Crippen LogP) is 0.664. The van der Waals surface area contributed by atoms with Gasteiger partial charge in [0.15, 0.2) is 0 Å². The number of carbonyl (C=O) groups excluding carboxylic acids is 2. The van der Waals surface area contributed by atoms with Crippen molar-refractivity contribution in [3.63, 3.8) is 0 Å². The topological polar surface area (TPSA) is 99.6 Å². The second-order valence-electron chi connectivity index (χ2n) is 5.61. The molecule has 26 heavy (non-hydrogen) atoms. The van der Waals surface area contributed by atoms with Crippen molar-refractivity contribution in [1.29, 1.82) is 0 Å². The molecule has 0 atom stereocenters. The molecule has 1 aromatic carbocycles. The molecule has 0 radical (unpaired) electrons. The Kier molecular flexibility index (Phi) is 4.78. The molecule has 3 aromatic rings. The van der Waals surface area contributed by atoms with E-state index in [-0.39, 0.29) is 30.0 Å². The van der Waals surface area contributed by atoms with Crippen molar-refractivity contribution in [3.8, 4) is 0 Å². The van der Waals surface area contributed by atoms with E-state index in [1.54, 1.807) is 12.3 Å². The van der Waals surface area contributed by atoms with Crippen LogP contribution in [0.25, 0.3) is 5.65 Å². The van der Waals surface area contributed by atoms with E-state index in [1.165, 1.54) is 46.9 Å². The van der Waals surface area contributed by atoms with E-state index in [2.05, 4.69) is 15.3 Å². The molecule has 0 saturated heterocycles. The van der Waals surface area contributed by atoms with E-state index in [0.717, 1.165) is 0 Å². The number of hydrogen-bond donors (Lipinski definition) is 2. The highest BCUT2D eigenvalue weighted by Crippen LogP contribution is 2.08. The Morgan fingerprint density at radius 3 is 2.85 bits per heavy atom. The number of likely N-dealkylation sites (N-methyl/N-ethyl adjacent to an activating group) is 1. The maximum absolute atomic E-state index is 13.7. The summed E-state index contributed by atoms with van der Waals surface area (Å²) in [5, 5.41) is 2.62. The molecule has 0 saturated carbocycles. The van der Waals surface area contributed by atoms with Gasteiger partial charge < -0.3 is 19.6 Å². The highest BCUT2D eigenvalue weighted by atomic mass is 19.1. The highest BCUT2D eigenvalue weighted by molar-refractivity contribution is 5.94. The second-order valence-corrected chi connectivity index (χ2v) is 5.61. The number of fused-ring (bicyclic) bond motifs is 1. The van der Waals surface area contributed by atoms with E-state index in [0.29, 0.717) is 0 Å². The molecule has 0 spiro atoms. The van der Waals surface area contributed by atoms with Crippen LogP contribution in [0.3, 0.4) is 0 Å². The number of carbonyl (C=O) groups is 2. The lowest BCUT2D eigenvalue weighted by atomic mass is 10.2. The minimum absolute atomic E-state index is 0.0269. The third-order valence-corrected chi connectivity index (χ3v) is 3.80. The molecule has 2 N–H and O–H groups in total. The molecule has 134 valence electrons. The third kappa shape index (κ3) is 3.46. The fourth-order valence-corrected chi connectivity index (χ4v) is 2.41. The normalized spacial score (nSPS) is 10.7. The van der Waals surface area contributed by atoms with Crippen LogP contribution in [0.4, 0.5) is 4.39 Å². The zero-order chi connectivity index (χ0) is 18.7. The van der Waals surface area contributed by atoms with Gasteiger partial charge in [-0.15, -0.1) is 0 Å². The number of amides is 2. The SMILES string of the molecule is CN(CCNC(=O)c1cn2cc[nH]c(=O)c2n1)C(=O)c1ccccc1F. The van der Waals surface area contributed by atoms with Crippen molar-refractivity contribution in [3.05, 3.63) is 70.3 Å². The number of imidazole rings is 1. The standard InChI is InChI=1S/C17H16FN5O3/c1-22(17(26)11-4-2-3-5-12(11)18)8-6-19-15(24)13-10-23-9-7-20-16(25)14(23)21-13/h2-5,7,9-10H,6,8H2,1H3,(H,19,24)(H,20,25). The summed E-state index contributed by atoms with van der Waals surface area (Å²) in [4.78, 5) is 43.7. The molecule has 3 rings (SSSR count). The van der Waals surface area contributed by atoms with Crippen LogP contribution in [-0.4, -0.2) is 51.2 Å². The van der Waals surface area contributed by atoms with Crippen LogP contribution >= 0.6 is 0 Å². The van der Waals surface area contributed by atoms with Crippen LogP contribution in [-0.2, 0) is 0 Å². The van der Waals surface area contributed by atoms with Crippen molar-refractivity contribution >= 4 is 17.5 Å². The van der Waals surface area contributed by atoms with Crippen LogP contribution in [0.1, 0.15) is 20.8 Å². The minimum Gasteiger partial charge on any atom is -0.349 e. The van der Waals surface area contributed by atoms with Gasteiger partial charge >= 0.3 is 0 Å². The molecule has 9 heteroatoms. The molecule has 0 aliphatic rings. The van der Waals surface area contributed by atoms with Gasteiger partial charge in [0, 0.05) is 38.7 Å². The smallest absolute Gasteiger partial charge is 0.291 e. The maximum Gasteiger partial charge on any atom is 0.291 e. The molecule has 0 fully saturated rings. The first-order chi connectivity index (χ1) is 12.5. The first kappa shape index (κ1) is 17.3. The lowest BCUT2D eigenvalue weighted by molar-refractivity contribution is 0.0782. The van der Waals surface area contributed by atoms with E-state index in [4.69, 9.17) is 0 Å². The van der Waals surface area contributed by atoms with Crippen molar-refractivity contribution in [2.24, 2.45) is 0 Å². The highest BCUT2D eigenvalue weighted by Gasteiger charge is 2.16. The first-order valence-corrected chi connectivity index (χ1v) is 7.82. The van der Waals surface area contributed by atoms with E-state index in [1.807, 2.05) is 0 Å². The summed E-state index contributed by atoms with van der Waals surface area (Å²) in [6, 6.07) is 5.71. The zero-order valence-electron chi connectivity index (χ0n) is 13.9. The van der Waals surface area contributed by atoms with Gasteiger partial charge in [-0.1, -0.05) is 12.1 Å². The quantitative estimate of drug-likeness (QED) is 0.701. The Morgan fingerprint density at radius 1 is 1.35 bits per heavy atom. The molecule has 0 aliphatic carbocycles. The van der Waals surface area contributed by atoms with Gasteiger partial charge in [-0.25, -0.2) is 9.37 Å². The molecular weight excluding hydrogens is 341 g/mol. The van der Waals surface area contributed by atoms with E-state index in [9.17, 15) is 18.8 Å². The summed E-state index contributed by atoms with van der Waals surface area (Å²) in [5.41, 5.74) is -0.225. The summed E-state index contributed by atoms with van der Waals surface area (Å²) in [6.07, 6.45) is 4.46. The van der Waals surface area contributed by atoms with Gasteiger partial charge in [0.1, 0.15) is 11.5 Å². The molecule has 0 bridgehead atoms. The Balaban J connectivity index is 1.59. The minimum atomic E-state index is -0.594. The Morgan fingerprint density at radius 2 is 2.12 bits per heavy atom. The maximum atomic E-state index is 13.7. The van der Waals surface area contributed by atoms with Gasteiger partial charge in [-0.05, 0) is 12.1 Å². The summed E-state index contributed by atoms with van der Waals surface area (Å²) < 4.78 is 15.1. The van der Waals surface area contributed by atoms with Crippen LogP contribution in [0.2, 0.25) is 0 Å². The van der Waals surface area contributed by atoms with Gasteiger partial charge in [0.05, 0.1) is 5.56 Å². The van der Waals surface area contributed by atoms with Crippen molar-refractivity contribution in [2.75, 3.05) is 20.1 Å². The number of aromatic nitrogens is 3. The van der Waals surface area contributed by atoms with Gasteiger partial charge in [0.25, 0.3) is 17.4 Å². The Hall–Kier alpha value is -3.49. The number of aromatic amines is 1. The van der Waals surface area contributed by atoms with E-state index < -0.39 is 23.2 Å². The number of rotatable bonds is 5. The number of nitrogens with one attached hydrogen (secondary N) is 2. The fraction of sp³-hybridized carbons (Fsp3) is 0.176. The van der Waals surface area contributed by atoms with Crippen LogP contribution in [0, 0.1) is 5.82 Å².